The van der Waals surface area contributed by atoms with E-state index in [4.69, 9.17) is 0 Å². The molecule has 4 heteroatoms. The molecule has 1 aliphatic carbocycles. The fraction of sp³-hybridized carbons (Fsp3) is 0.647. The van der Waals surface area contributed by atoms with Crippen LogP contribution in [0.1, 0.15) is 54.1 Å². The minimum absolute atomic E-state index is 0.109. The first-order valence-electron chi connectivity index (χ1n) is 8.22. The van der Waals surface area contributed by atoms with Crippen LogP contribution in [0.25, 0.3) is 0 Å². The van der Waals surface area contributed by atoms with Crippen LogP contribution >= 0.6 is 0 Å². The SMILES string of the molecule is O=C(c1ccc(C2CC2)cn1)N1CCC2(CCNC2)CC1. The number of piperidine rings is 1. The molecular formula is C17H23N3O. The molecule has 0 atom stereocenters. The van der Waals surface area contributed by atoms with Gasteiger partial charge in [0.2, 0.25) is 0 Å². The molecule has 4 nitrogen and oxygen atoms in total. The Hall–Kier alpha value is -1.42. The highest BCUT2D eigenvalue weighted by Crippen LogP contribution is 2.40. The average molecular weight is 285 g/mol. The Bertz CT molecular complexity index is 519. The van der Waals surface area contributed by atoms with Gasteiger partial charge in [-0.3, -0.25) is 9.78 Å². The van der Waals surface area contributed by atoms with E-state index in [1.807, 2.05) is 17.2 Å². The zero-order valence-electron chi connectivity index (χ0n) is 12.5. The van der Waals surface area contributed by atoms with Crippen LogP contribution in [0, 0.1) is 5.41 Å². The topological polar surface area (TPSA) is 45.2 Å². The lowest BCUT2D eigenvalue weighted by molar-refractivity contribution is 0.0602. The molecule has 1 saturated carbocycles. The van der Waals surface area contributed by atoms with Crippen LogP contribution < -0.4 is 5.32 Å². The number of carbonyl (C=O) groups is 1. The van der Waals surface area contributed by atoms with Crippen molar-refractivity contribution in [1.29, 1.82) is 0 Å². The molecule has 1 amide bonds. The molecule has 1 N–H and O–H groups in total. The first-order chi connectivity index (χ1) is 10.3. The molecule has 3 heterocycles. The van der Waals surface area contributed by atoms with E-state index in [-0.39, 0.29) is 5.91 Å². The number of hydrogen-bond acceptors (Lipinski definition) is 3. The van der Waals surface area contributed by atoms with Crippen molar-refractivity contribution >= 4 is 5.91 Å². The van der Waals surface area contributed by atoms with Gasteiger partial charge in [0.15, 0.2) is 0 Å². The number of rotatable bonds is 2. The van der Waals surface area contributed by atoms with Crippen LogP contribution in [0.5, 0.6) is 0 Å². The first kappa shape index (κ1) is 13.3. The second-order valence-corrected chi connectivity index (χ2v) is 6.97. The predicted molar refractivity (Wildman–Crippen MR) is 81.3 cm³/mol. The third-order valence-electron chi connectivity index (χ3n) is 5.50. The maximum Gasteiger partial charge on any atom is 0.272 e. The van der Waals surface area contributed by atoms with E-state index in [0.29, 0.717) is 17.0 Å². The Balaban J connectivity index is 1.40. The van der Waals surface area contributed by atoms with Gasteiger partial charge >= 0.3 is 0 Å². The van der Waals surface area contributed by atoms with Gasteiger partial charge in [-0.05, 0) is 61.6 Å². The maximum atomic E-state index is 12.5. The third kappa shape index (κ3) is 2.57. The summed E-state index contributed by atoms with van der Waals surface area (Å²) in [6.45, 7) is 4.03. The largest absolute Gasteiger partial charge is 0.337 e. The van der Waals surface area contributed by atoms with Gasteiger partial charge < -0.3 is 10.2 Å². The van der Waals surface area contributed by atoms with Gasteiger partial charge in [0.25, 0.3) is 5.91 Å². The summed E-state index contributed by atoms with van der Waals surface area (Å²) in [7, 11) is 0. The van der Waals surface area contributed by atoms with Crippen molar-refractivity contribution in [1.82, 2.24) is 15.2 Å². The van der Waals surface area contributed by atoms with Crippen LogP contribution in [0.3, 0.4) is 0 Å². The van der Waals surface area contributed by atoms with Crippen LogP contribution in [-0.2, 0) is 0 Å². The highest BCUT2D eigenvalue weighted by molar-refractivity contribution is 5.92. The molecule has 1 aromatic rings. The molecule has 2 saturated heterocycles. The Morgan fingerprint density at radius 3 is 2.62 bits per heavy atom. The third-order valence-corrected chi connectivity index (χ3v) is 5.50. The monoisotopic (exact) mass is 285 g/mol. The zero-order chi connectivity index (χ0) is 14.3. The Morgan fingerprint density at radius 2 is 2.05 bits per heavy atom. The highest BCUT2D eigenvalue weighted by atomic mass is 16.2. The molecule has 4 rings (SSSR count). The van der Waals surface area contributed by atoms with Crippen molar-refractivity contribution in [3.8, 4) is 0 Å². The van der Waals surface area contributed by atoms with E-state index in [9.17, 15) is 4.79 Å². The quantitative estimate of drug-likeness (QED) is 0.906. The summed E-state index contributed by atoms with van der Waals surface area (Å²) >= 11 is 0. The second kappa shape index (κ2) is 5.09. The molecule has 0 unspecified atom stereocenters. The van der Waals surface area contributed by atoms with Gasteiger partial charge in [-0.2, -0.15) is 0 Å². The summed E-state index contributed by atoms with van der Waals surface area (Å²) in [5.41, 5.74) is 2.36. The number of nitrogens with one attached hydrogen (secondary N) is 1. The van der Waals surface area contributed by atoms with E-state index < -0.39 is 0 Å². The van der Waals surface area contributed by atoms with Gasteiger partial charge in [-0.25, -0.2) is 0 Å². The van der Waals surface area contributed by atoms with E-state index in [1.54, 1.807) is 0 Å². The molecule has 3 aliphatic rings. The van der Waals surface area contributed by atoms with Crippen LogP contribution in [0.4, 0.5) is 0 Å². The molecule has 0 aromatic carbocycles. The van der Waals surface area contributed by atoms with Gasteiger partial charge in [-0.1, -0.05) is 6.07 Å². The van der Waals surface area contributed by atoms with Gasteiger partial charge in [0.05, 0.1) is 0 Å². The minimum atomic E-state index is 0.109. The molecule has 0 radical (unpaired) electrons. The second-order valence-electron chi connectivity index (χ2n) is 6.97. The zero-order valence-corrected chi connectivity index (χ0v) is 12.5. The van der Waals surface area contributed by atoms with E-state index in [0.717, 1.165) is 39.0 Å². The van der Waals surface area contributed by atoms with Crippen molar-refractivity contribution in [3.05, 3.63) is 29.6 Å². The standard InChI is InChI=1S/C17H23N3O/c21-16(15-4-3-14(11-19-15)13-1-2-13)20-9-6-17(7-10-20)5-8-18-12-17/h3-4,11,13,18H,1-2,5-10,12H2. The summed E-state index contributed by atoms with van der Waals surface area (Å²) < 4.78 is 0. The summed E-state index contributed by atoms with van der Waals surface area (Å²) in [6, 6.07) is 4.00. The number of hydrogen-bond donors (Lipinski definition) is 1. The van der Waals surface area contributed by atoms with Crippen molar-refractivity contribution in [2.45, 2.75) is 38.0 Å². The Kier molecular flexibility index (Phi) is 3.21. The molecule has 21 heavy (non-hydrogen) atoms. The smallest absolute Gasteiger partial charge is 0.272 e. The van der Waals surface area contributed by atoms with E-state index >= 15 is 0 Å². The predicted octanol–water partition coefficient (Wildman–Crippen LogP) is 2.17. The van der Waals surface area contributed by atoms with Crippen molar-refractivity contribution in [3.63, 3.8) is 0 Å². The molecule has 3 fully saturated rings. The maximum absolute atomic E-state index is 12.5. The van der Waals surface area contributed by atoms with Gasteiger partial charge in [0.1, 0.15) is 5.69 Å². The van der Waals surface area contributed by atoms with E-state index in [1.165, 1.54) is 24.8 Å². The van der Waals surface area contributed by atoms with Crippen molar-refractivity contribution in [2.75, 3.05) is 26.2 Å². The Labute approximate surface area is 125 Å². The van der Waals surface area contributed by atoms with Crippen LogP contribution in [0.15, 0.2) is 18.3 Å². The number of nitrogens with zero attached hydrogens (tertiary/aromatic N) is 2. The lowest BCUT2D eigenvalue weighted by Crippen LogP contribution is -2.44. The van der Waals surface area contributed by atoms with Crippen LogP contribution in [-0.4, -0.2) is 42.0 Å². The number of pyridine rings is 1. The summed E-state index contributed by atoms with van der Waals surface area (Å²) in [4.78, 5) is 18.9. The van der Waals surface area contributed by atoms with Gasteiger partial charge in [0, 0.05) is 25.8 Å². The molecule has 0 bridgehead atoms. The Morgan fingerprint density at radius 1 is 1.24 bits per heavy atom. The first-order valence-corrected chi connectivity index (χ1v) is 8.22. The normalized spacial score (nSPS) is 24.5. The average Bonchev–Trinajstić information content (AvgIpc) is 3.29. The fourth-order valence-corrected chi connectivity index (χ4v) is 3.76. The van der Waals surface area contributed by atoms with E-state index in [2.05, 4.69) is 16.4 Å². The van der Waals surface area contributed by atoms with Crippen LogP contribution in [0.2, 0.25) is 0 Å². The molecule has 112 valence electrons. The van der Waals surface area contributed by atoms with Crippen molar-refractivity contribution in [2.24, 2.45) is 5.41 Å². The molecule has 2 aliphatic heterocycles. The number of likely N-dealkylation sites (tertiary alicyclic amines) is 1. The number of carbonyl (C=O) groups excluding carboxylic acids is 1. The number of aromatic nitrogens is 1. The van der Waals surface area contributed by atoms with Crippen molar-refractivity contribution < 1.29 is 4.79 Å². The molecule has 1 spiro atoms. The summed E-state index contributed by atoms with van der Waals surface area (Å²) in [5.74, 6) is 0.810. The lowest BCUT2D eigenvalue weighted by atomic mass is 9.78. The molecular weight excluding hydrogens is 262 g/mol. The summed E-state index contributed by atoms with van der Waals surface area (Å²) in [5, 5.41) is 3.47. The highest BCUT2D eigenvalue weighted by Gasteiger charge is 2.38. The summed E-state index contributed by atoms with van der Waals surface area (Å²) in [6.07, 6.45) is 7.98. The van der Waals surface area contributed by atoms with Gasteiger partial charge in [-0.15, -0.1) is 0 Å². The number of amides is 1. The lowest BCUT2D eigenvalue weighted by Gasteiger charge is -2.38. The molecule has 1 aromatic heterocycles. The minimum Gasteiger partial charge on any atom is -0.337 e. The fourth-order valence-electron chi connectivity index (χ4n) is 3.76.